The van der Waals surface area contributed by atoms with Crippen LogP contribution < -0.4 is 5.11 Å². The maximum atomic E-state index is 11.9. The van der Waals surface area contributed by atoms with Crippen molar-refractivity contribution in [2.24, 2.45) is 0 Å². The Kier molecular flexibility index (Phi) is 2.66. The van der Waals surface area contributed by atoms with Gasteiger partial charge < -0.3 is 9.90 Å². The molecule has 2 rings (SSSR count). The fourth-order valence-electron chi connectivity index (χ4n) is 2.94. The third-order valence-corrected chi connectivity index (χ3v) is 4.17. The van der Waals surface area contributed by atoms with Gasteiger partial charge in [-0.25, -0.2) is 9.59 Å². The molecule has 0 aromatic rings. The number of hydrogen-bond acceptors (Lipinski definition) is 4. The molecule has 0 bridgehead atoms. The summed E-state index contributed by atoms with van der Waals surface area (Å²) in [5.74, 6) is -2.20. The van der Waals surface area contributed by atoms with Crippen LogP contribution in [0, 0.1) is 0 Å². The molecule has 0 atom stereocenters. The van der Waals surface area contributed by atoms with Crippen molar-refractivity contribution < 1.29 is 24.0 Å². The number of aliphatic carboxylic acids is 1. The van der Waals surface area contributed by atoms with Crippen LogP contribution in [0.3, 0.4) is 0 Å². The number of amides is 2. The Labute approximate surface area is 99.3 Å². The number of rotatable bonds is 2. The maximum Gasteiger partial charge on any atom is 0.347 e. The van der Waals surface area contributed by atoms with Crippen LogP contribution in [-0.4, -0.2) is 34.9 Å². The van der Waals surface area contributed by atoms with Gasteiger partial charge in [-0.15, -0.1) is 0 Å². The Bertz CT molecular complexity index is 400. The molecule has 1 heterocycles. The van der Waals surface area contributed by atoms with Crippen LogP contribution in [0.2, 0.25) is 0 Å². The van der Waals surface area contributed by atoms with Gasteiger partial charge in [0.05, 0.1) is 19.2 Å². The van der Waals surface area contributed by atoms with Gasteiger partial charge in [0.1, 0.15) is 5.97 Å². The van der Waals surface area contributed by atoms with E-state index in [1.165, 1.54) is 19.2 Å². The minimum Gasteiger partial charge on any atom is -0.544 e. The first-order valence-electron chi connectivity index (χ1n) is 5.80. The van der Waals surface area contributed by atoms with Crippen molar-refractivity contribution in [2.45, 2.75) is 37.6 Å². The molecule has 1 aliphatic carbocycles. The van der Waals surface area contributed by atoms with E-state index in [2.05, 4.69) is 0 Å². The monoisotopic (exact) mass is 237 g/mol. The number of carboxylic acid groups (broad SMARTS) is 1. The van der Waals surface area contributed by atoms with E-state index >= 15 is 0 Å². The smallest absolute Gasteiger partial charge is 0.347 e. The number of carboxylic acids is 1. The second-order valence-corrected chi connectivity index (χ2v) is 4.90. The highest BCUT2D eigenvalue weighted by atomic mass is 16.4. The molecular formula is C12H15NO4. The Balaban J connectivity index is 2.50. The lowest BCUT2D eigenvalue weighted by Crippen LogP contribution is -2.72. The average molecular weight is 237 g/mol. The van der Waals surface area contributed by atoms with Crippen molar-refractivity contribution in [1.82, 2.24) is 0 Å². The Hall–Kier alpha value is -1.49. The quantitative estimate of drug-likeness (QED) is 0.480. The van der Waals surface area contributed by atoms with Gasteiger partial charge in [-0.05, 0) is 12.8 Å². The van der Waals surface area contributed by atoms with Crippen molar-refractivity contribution in [2.75, 3.05) is 7.05 Å². The largest absolute Gasteiger partial charge is 0.544 e. The summed E-state index contributed by atoms with van der Waals surface area (Å²) in [7, 11) is 1.39. The molecule has 0 N–H and O–H groups in total. The molecule has 5 nitrogen and oxygen atoms in total. The second-order valence-electron chi connectivity index (χ2n) is 4.90. The zero-order valence-corrected chi connectivity index (χ0v) is 9.77. The summed E-state index contributed by atoms with van der Waals surface area (Å²) < 4.78 is -0.685. The molecule has 2 amide bonds. The summed E-state index contributed by atoms with van der Waals surface area (Å²) in [5, 5.41) is 11.5. The lowest BCUT2D eigenvalue weighted by molar-refractivity contribution is -0.804. The summed E-state index contributed by atoms with van der Waals surface area (Å²) in [4.78, 5) is 35.3. The van der Waals surface area contributed by atoms with Crippen LogP contribution in [0.4, 0.5) is 0 Å². The van der Waals surface area contributed by atoms with Gasteiger partial charge in [-0.2, -0.15) is 4.48 Å². The van der Waals surface area contributed by atoms with Gasteiger partial charge >= 0.3 is 11.8 Å². The molecule has 0 aromatic carbocycles. The van der Waals surface area contributed by atoms with Gasteiger partial charge in [-0.1, -0.05) is 6.42 Å². The first-order valence-corrected chi connectivity index (χ1v) is 5.80. The molecule has 92 valence electrons. The Morgan fingerprint density at radius 1 is 1.18 bits per heavy atom. The van der Waals surface area contributed by atoms with Crippen LogP contribution >= 0.6 is 0 Å². The standard InChI is InChI=1S/C12H15NO4/c1-13(9(14)5-6-10(13)15)12(11(16)17)7-3-2-4-8-12/h5-6H,2-4,7-8H2,1H3. The molecule has 1 fully saturated rings. The summed E-state index contributed by atoms with van der Waals surface area (Å²) in [6.07, 6.45) is 5.34. The van der Waals surface area contributed by atoms with E-state index < -0.39 is 27.8 Å². The summed E-state index contributed by atoms with van der Waals surface area (Å²) in [5.41, 5.74) is -1.38. The van der Waals surface area contributed by atoms with Crippen LogP contribution in [0.5, 0.6) is 0 Å². The molecule has 1 aliphatic heterocycles. The van der Waals surface area contributed by atoms with E-state index in [4.69, 9.17) is 0 Å². The van der Waals surface area contributed by atoms with Gasteiger partial charge in [0.25, 0.3) is 0 Å². The van der Waals surface area contributed by atoms with Gasteiger partial charge in [0.2, 0.25) is 0 Å². The lowest BCUT2D eigenvalue weighted by Gasteiger charge is -2.47. The van der Waals surface area contributed by atoms with Gasteiger partial charge in [0, 0.05) is 12.8 Å². The molecule has 0 saturated heterocycles. The fourth-order valence-corrected chi connectivity index (χ4v) is 2.94. The predicted octanol–water partition coefficient (Wildman–Crippen LogP) is -0.491. The maximum absolute atomic E-state index is 11.9. The van der Waals surface area contributed by atoms with E-state index in [1.807, 2.05) is 0 Å². The van der Waals surface area contributed by atoms with Crippen molar-refractivity contribution >= 4 is 17.8 Å². The average Bonchev–Trinajstić information content (AvgIpc) is 2.59. The van der Waals surface area contributed by atoms with E-state index in [0.29, 0.717) is 25.7 Å². The van der Waals surface area contributed by atoms with Crippen LogP contribution in [0.1, 0.15) is 32.1 Å². The lowest BCUT2D eigenvalue weighted by atomic mass is 9.78. The highest BCUT2D eigenvalue weighted by molar-refractivity contribution is 6.06. The number of nitrogens with zero attached hydrogens (tertiary/aromatic N) is 1. The first-order chi connectivity index (χ1) is 7.95. The van der Waals surface area contributed by atoms with E-state index in [0.717, 1.165) is 6.42 Å². The molecule has 5 heteroatoms. The second kappa shape index (κ2) is 3.77. The minimum absolute atomic E-state index is 0.324. The van der Waals surface area contributed by atoms with Crippen LogP contribution in [0.15, 0.2) is 12.2 Å². The predicted molar refractivity (Wildman–Crippen MR) is 56.2 cm³/mol. The normalized spacial score (nSPS) is 26.2. The zero-order valence-electron chi connectivity index (χ0n) is 9.77. The summed E-state index contributed by atoms with van der Waals surface area (Å²) >= 11 is 0. The number of carbonyl (C=O) groups is 3. The number of likely N-dealkylation sites (N-methyl/N-ethyl adjacent to an activating group) is 1. The highest BCUT2D eigenvalue weighted by Gasteiger charge is 2.59. The molecule has 17 heavy (non-hydrogen) atoms. The molecule has 1 saturated carbocycles. The molecule has 0 radical (unpaired) electrons. The molecule has 0 unspecified atom stereocenters. The van der Waals surface area contributed by atoms with E-state index in [1.54, 1.807) is 0 Å². The molecule has 0 spiro atoms. The summed E-state index contributed by atoms with van der Waals surface area (Å²) in [6, 6.07) is 0. The van der Waals surface area contributed by atoms with E-state index in [-0.39, 0.29) is 0 Å². The van der Waals surface area contributed by atoms with Gasteiger partial charge in [0.15, 0.2) is 5.54 Å². The number of quaternary nitrogens is 1. The van der Waals surface area contributed by atoms with Crippen LogP contribution in [0.25, 0.3) is 0 Å². The van der Waals surface area contributed by atoms with Crippen LogP contribution in [-0.2, 0) is 14.4 Å². The first kappa shape index (κ1) is 12.0. The summed E-state index contributed by atoms with van der Waals surface area (Å²) in [6.45, 7) is 0. The molecular weight excluding hydrogens is 222 g/mol. The third-order valence-electron chi connectivity index (χ3n) is 4.17. The van der Waals surface area contributed by atoms with Gasteiger partial charge in [-0.3, -0.25) is 0 Å². The number of carbonyl (C=O) groups excluding carboxylic acids is 3. The topological polar surface area (TPSA) is 74.3 Å². The Morgan fingerprint density at radius 3 is 2.06 bits per heavy atom. The van der Waals surface area contributed by atoms with Crippen molar-refractivity contribution in [3.63, 3.8) is 0 Å². The van der Waals surface area contributed by atoms with Crippen molar-refractivity contribution in [3.8, 4) is 0 Å². The Morgan fingerprint density at radius 2 is 1.65 bits per heavy atom. The molecule has 2 aliphatic rings. The SMILES string of the molecule is C[N+]1(C2(C(=O)[O-])CCCCC2)C(=O)C=CC1=O. The van der Waals surface area contributed by atoms with Crippen molar-refractivity contribution in [1.29, 1.82) is 0 Å². The number of hydrogen-bond donors (Lipinski definition) is 0. The molecule has 0 aromatic heterocycles. The zero-order chi connectivity index (χ0) is 12.7. The minimum atomic E-state index is -1.38. The van der Waals surface area contributed by atoms with E-state index in [9.17, 15) is 19.5 Å². The third kappa shape index (κ3) is 1.38. The van der Waals surface area contributed by atoms with Crippen molar-refractivity contribution in [3.05, 3.63) is 12.2 Å². The highest BCUT2D eigenvalue weighted by Crippen LogP contribution is 2.40. The fraction of sp³-hybridized carbons (Fsp3) is 0.583. The number of imide groups is 1.